The molecule has 6 nitrogen and oxygen atoms in total. The zero-order valence-corrected chi connectivity index (χ0v) is 18.8. The third kappa shape index (κ3) is 5.23. The van der Waals surface area contributed by atoms with Gasteiger partial charge < -0.3 is 15.0 Å². The molecule has 0 atom stereocenters. The summed E-state index contributed by atoms with van der Waals surface area (Å²) in [5.74, 6) is 2.63. The second-order valence-electron chi connectivity index (χ2n) is 8.68. The molecule has 6 heteroatoms. The van der Waals surface area contributed by atoms with Crippen molar-refractivity contribution in [3.63, 3.8) is 0 Å². The van der Waals surface area contributed by atoms with E-state index >= 15 is 0 Å². The van der Waals surface area contributed by atoms with Gasteiger partial charge in [0.2, 0.25) is 5.91 Å². The van der Waals surface area contributed by atoms with Gasteiger partial charge in [0.05, 0.1) is 17.6 Å². The molecule has 33 heavy (non-hydrogen) atoms. The summed E-state index contributed by atoms with van der Waals surface area (Å²) in [7, 11) is 0. The fourth-order valence-corrected chi connectivity index (χ4v) is 4.29. The number of para-hydroxylation sites is 1. The maximum atomic E-state index is 12.8. The summed E-state index contributed by atoms with van der Waals surface area (Å²) in [4.78, 5) is 23.3. The minimum absolute atomic E-state index is 0.0276. The Bertz CT molecular complexity index is 1230. The number of nitrogens with one attached hydrogen (secondary N) is 2. The van der Waals surface area contributed by atoms with Crippen molar-refractivity contribution in [1.82, 2.24) is 14.9 Å². The van der Waals surface area contributed by atoms with Crippen molar-refractivity contribution >= 4 is 22.6 Å². The zero-order valence-electron chi connectivity index (χ0n) is 18.8. The molecule has 4 aromatic rings. The van der Waals surface area contributed by atoms with Crippen molar-refractivity contribution in [3.05, 3.63) is 84.2 Å². The molecule has 0 bridgehead atoms. The van der Waals surface area contributed by atoms with Gasteiger partial charge in [0.15, 0.2) is 0 Å². The van der Waals surface area contributed by atoms with Gasteiger partial charge in [-0.25, -0.2) is 4.98 Å². The van der Waals surface area contributed by atoms with Gasteiger partial charge in [0.25, 0.3) is 0 Å². The number of hydrogen-bond donors (Lipinski definition) is 2. The van der Waals surface area contributed by atoms with Gasteiger partial charge in [-0.3, -0.25) is 9.69 Å². The molecule has 3 aromatic carbocycles. The Hall–Kier alpha value is -3.64. The Labute approximate surface area is 193 Å². The number of H-pyrrole nitrogens is 1. The van der Waals surface area contributed by atoms with Gasteiger partial charge in [-0.15, -0.1) is 0 Å². The van der Waals surface area contributed by atoms with Crippen molar-refractivity contribution in [2.75, 3.05) is 18.4 Å². The molecule has 1 aromatic heterocycles. The van der Waals surface area contributed by atoms with Crippen LogP contribution in [0.5, 0.6) is 11.5 Å². The molecule has 2 N–H and O–H groups in total. The summed E-state index contributed by atoms with van der Waals surface area (Å²) < 4.78 is 5.81. The largest absolute Gasteiger partial charge is 0.457 e. The summed E-state index contributed by atoms with van der Waals surface area (Å²) >= 11 is 0. The highest BCUT2D eigenvalue weighted by molar-refractivity contribution is 5.92. The number of imidazole rings is 1. The van der Waals surface area contributed by atoms with Crippen LogP contribution in [-0.4, -0.2) is 33.9 Å². The molecular formula is C27H28N4O2. The van der Waals surface area contributed by atoms with Gasteiger partial charge in [-0.05, 0) is 86.9 Å². The zero-order chi connectivity index (χ0) is 22.6. The van der Waals surface area contributed by atoms with E-state index < -0.39 is 0 Å². The van der Waals surface area contributed by atoms with Crippen LogP contribution in [0.1, 0.15) is 24.2 Å². The molecule has 0 saturated carbocycles. The van der Waals surface area contributed by atoms with Gasteiger partial charge in [-0.1, -0.05) is 24.3 Å². The van der Waals surface area contributed by atoms with E-state index in [0.29, 0.717) is 0 Å². The van der Waals surface area contributed by atoms with Gasteiger partial charge >= 0.3 is 0 Å². The van der Waals surface area contributed by atoms with E-state index in [1.807, 2.05) is 54.6 Å². The van der Waals surface area contributed by atoms with Gasteiger partial charge in [-0.2, -0.15) is 0 Å². The maximum absolute atomic E-state index is 12.8. The molecule has 0 unspecified atom stereocenters. The van der Waals surface area contributed by atoms with Crippen molar-refractivity contribution in [1.29, 1.82) is 0 Å². The summed E-state index contributed by atoms with van der Waals surface area (Å²) in [5, 5.41) is 3.06. The van der Waals surface area contributed by atoms with Crippen LogP contribution < -0.4 is 10.1 Å². The third-order valence-electron chi connectivity index (χ3n) is 6.12. The number of aromatic nitrogens is 2. The first-order valence-corrected chi connectivity index (χ1v) is 11.4. The Morgan fingerprint density at radius 2 is 1.76 bits per heavy atom. The van der Waals surface area contributed by atoms with E-state index in [9.17, 15) is 4.79 Å². The number of carbonyl (C=O) groups excluding carboxylic acids is 1. The fraction of sp³-hybridized carbons (Fsp3) is 0.259. The van der Waals surface area contributed by atoms with Crippen LogP contribution in [0.2, 0.25) is 0 Å². The van der Waals surface area contributed by atoms with Crippen LogP contribution >= 0.6 is 0 Å². The quantitative estimate of drug-likeness (QED) is 0.414. The minimum Gasteiger partial charge on any atom is -0.457 e. The van der Waals surface area contributed by atoms with E-state index in [0.717, 1.165) is 66.5 Å². The number of aromatic amines is 1. The normalized spacial score (nSPS) is 14.9. The standard InChI is InChI=1S/C27H28N4O2/c1-19-7-12-24-25(17-19)30-26(29-24)18-31-15-13-20(14-16-31)27(32)28-21-8-10-23(11-9-21)33-22-5-3-2-4-6-22/h2-12,17,20H,13-16,18H2,1H3,(H,28,32)(H,29,30). The van der Waals surface area contributed by atoms with Crippen LogP contribution in [-0.2, 0) is 11.3 Å². The highest BCUT2D eigenvalue weighted by Gasteiger charge is 2.25. The molecule has 1 amide bonds. The summed E-state index contributed by atoms with van der Waals surface area (Å²) in [6.45, 7) is 4.64. The lowest BCUT2D eigenvalue weighted by Gasteiger charge is -2.30. The average molecular weight is 441 g/mol. The third-order valence-corrected chi connectivity index (χ3v) is 6.12. The fourth-order valence-electron chi connectivity index (χ4n) is 4.29. The number of aryl methyl sites for hydroxylation is 1. The smallest absolute Gasteiger partial charge is 0.227 e. The van der Waals surface area contributed by atoms with Crippen LogP contribution in [0.25, 0.3) is 11.0 Å². The van der Waals surface area contributed by atoms with Crippen LogP contribution in [0.3, 0.4) is 0 Å². The lowest BCUT2D eigenvalue weighted by molar-refractivity contribution is -0.121. The van der Waals surface area contributed by atoms with E-state index in [4.69, 9.17) is 9.72 Å². The molecule has 0 radical (unpaired) electrons. The summed E-state index contributed by atoms with van der Waals surface area (Å²) in [6.07, 6.45) is 1.70. The monoisotopic (exact) mass is 440 g/mol. The van der Waals surface area contributed by atoms with Crippen molar-refractivity contribution in [2.24, 2.45) is 5.92 Å². The van der Waals surface area contributed by atoms with Gasteiger partial charge in [0, 0.05) is 11.6 Å². The number of benzene rings is 3. The predicted molar refractivity (Wildman–Crippen MR) is 130 cm³/mol. The molecule has 0 spiro atoms. The molecule has 1 fully saturated rings. The molecule has 5 rings (SSSR count). The molecule has 1 saturated heterocycles. The highest BCUT2D eigenvalue weighted by Crippen LogP contribution is 2.25. The van der Waals surface area contributed by atoms with Gasteiger partial charge in [0.1, 0.15) is 17.3 Å². The van der Waals surface area contributed by atoms with E-state index in [1.165, 1.54) is 5.56 Å². The first kappa shape index (κ1) is 21.2. The van der Waals surface area contributed by atoms with Crippen LogP contribution in [0, 0.1) is 12.8 Å². The second kappa shape index (κ2) is 9.46. The first-order chi connectivity index (χ1) is 16.1. The molecule has 168 valence electrons. The van der Waals surface area contributed by atoms with Crippen LogP contribution in [0.15, 0.2) is 72.8 Å². The maximum Gasteiger partial charge on any atom is 0.227 e. The number of rotatable bonds is 6. The number of piperidine rings is 1. The first-order valence-electron chi connectivity index (χ1n) is 11.4. The molecule has 1 aliphatic rings. The Balaban J connectivity index is 1.11. The molecule has 2 heterocycles. The lowest BCUT2D eigenvalue weighted by Crippen LogP contribution is -2.38. The number of carbonyl (C=O) groups is 1. The molecule has 1 aliphatic heterocycles. The Morgan fingerprint density at radius 1 is 1.03 bits per heavy atom. The van der Waals surface area contributed by atoms with E-state index in [2.05, 4.69) is 40.3 Å². The lowest BCUT2D eigenvalue weighted by atomic mass is 9.96. The highest BCUT2D eigenvalue weighted by atomic mass is 16.5. The van der Waals surface area contributed by atoms with E-state index in [-0.39, 0.29) is 11.8 Å². The Kier molecular flexibility index (Phi) is 6.09. The topological polar surface area (TPSA) is 70.2 Å². The number of hydrogen-bond acceptors (Lipinski definition) is 4. The summed E-state index contributed by atoms with van der Waals surface area (Å²) in [5.41, 5.74) is 4.10. The van der Waals surface area contributed by atoms with Crippen molar-refractivity contribution in [2.45, 2.75) is 26.3 Å². The predicted octanol–water partition coefficient (Wildman–Crippen LogP) is 5.51. The number of anilines is 1. The Morgan fingerprint density at radius 3 is 2.52 bits per heavy atom. The van der Waals surface area contributed by atoms with Crippen molar-refractivity contribution in [3.8, 4) is 11.5 Å². The second-order valence-corrected chi connectivity index (χ2v) is 8.68. The molecule has 0 aliphatic carbocycles. The van der Waals surface area contributed by atoms with Crippen molar-refractivity contribution < 1.29 is 9.53 Å². The average Bonchev–Trinajstić information content (AvgIpc) is 3.23. The number of amides is 1. The summed E-state index contributed by atoms with van der Waals surface area (Å²) in [6, 6.07) is 23.4. The number of likely N-dealkylation sites (tertiary alicyclic amines) is 1. The SMILES string of the molecule is Cc1ccc2nc(CN3CCC(C(=O)Nc4ccc(Oc5ccccc5)cc4)CC3)[nH]c2c1. The number of nitrogens with zero attached hydrogens (tertiary/aromatic N) is 2. The minimum atomic E-state index is 0.0276. The van der Waals surface area contributed by atoms with Crippen LogP contribution in [0.4, 0.5) is 5.69 Å². The number of fused-ring (bicyclic) bond motifs is 1. The molecular weight excluding hydrogens is 412 g/mol. The van der Waals surface area contributed by atoms with E-state index in [1.54, 1.807) is 0 Å². The number of ether oxygens (including phenoxy) is 1.